The lowest BCUT2D eigenvalue weighted by atomic mass is 10.1. The number of rotatable bonds is 9. The minimum Gasteiger partial charge on any atom is -0.493 e. The van der Waals surface area contributed by atoms with Gasteiger partial charge in [-0.1, -0.05) is 52.1 Å². The highest BCUT2D eigenvalue weighted by Gasteiger charge is 2.09. The second-order valence-electron chi connectivity index (χ2n) is 5.77. The molecule has 0 amide bonds. The van der Waals surface area contributed by atoms with E-state index < -0.39 is 0 Å². The van der Waals surface area contributed by atoms with Crippen molar-refractivity contribution in [1.82, 2.24) is 5.32 Å². The smallest absolute Gasteiger partial charge is 0.123 e. The summed E-state index contributed by atoms with van der Waals surface area (Å²) in [5.74, 6) is 2.22. The summed E-state index contributed by atoms with van der Waals surface area (Å²) in [4.78, 5) is 0. The van der Waals surface area contributed by atoms with Crippen LogP contribution in [0.4, 0.5) is 0 Å². The fraction of sp³-hybridized carbons (Fsp3) is 0.647. The third-order valence-electron chi connectivity index (χ3n) is 3.52. The van der Waals surface area contributed by atoms with Crippen LogP contribution < -0.4 is 10.1 Å². The number of ether oxygens (including phenoxy) is 1. The SMILES string of the molecule is CCC(CC)COc1ccc(Cl)cc1CNCC(C)C. The van der Waals surface area contributed by atoms with Gasteiger partial charge < -0.3 is 10.1 Å². The van der Waals surface area contributed by atoms with E-state index >= 15 is 0 Å². The first-order valence-corrected chi connectivity index (χ1v) is 8.06. The highest BCUT2D eigenvalue weighted by Crippen LogP contribution is 2.24. The summed E-state index contributed by atoms with van der Waals surface area (Å²) >= 11 is 6.09. The van der Waals surface area contributed by atoms with E-state index in [1.807, 2.05) is 18.2 Å². The van der Waals surface area contributed by atoms with E-state index in [2.05, 4.69) is 33.0 Å². The fourth-order valence-corrected chi connectivity index (χ4v) is 2.25. The first kappa shape index (κ1) is 17.3. The summed E-state index contributed by atoms with van der Waals surface area (Å²) in [5.41, 5.74) is 1.14. The van der Waals surface area contributed by atoms with Gasteiger partial charge in [-0.2, -0.15) is 0 Å². The molecule has 0 bridgehead atoms. The lowest BCUT2D eigenvalue weighted by Crippen LogP contribution is -2.20. The zero-order chi connectivity index (χ0) is 15.0. The molecule has 0 aliphatic carbocycles. The third-order valence-corrected chi connectivity index (χ3v) is 3.75. The quantitative estimate of drug-likeness (QED) is 0.700. The Balaban J connectivity index is 2.64. The van der Waals surface area contributed by atoms with Gasteiger partial charge in [0.2, 0.25) is 0 Å². The van der Waals surface area contributed by atoms with Gasteiger partial charge in [-0.05, 0) is 36.6 Å². The maximum absolute atomic E-state index is 6.09. The van der Waals surface area contributed by atoms with E-state index in [-0.39, 0.29) is 0 Å². The van der Waals surface area contributed by atoms with Crippen LogP contribution >= 0.6 is 11.6 Å². The Kier molecular flexibility index (Phi) is 8.01. The van der Waals surface area contributed by atoms with Crippen molar-refractivity contribution in [1.29, 1.82) is 0 Å². The molecule has 0 spiro atoms. The first-order valence-electron chi connectivity index (χ1n) is 7.68. The highest BCUT2D eigenvalue weighted by molar-refractivity contribution is 6.30. The molecule has 20 heavy (non-hydrogen) atoms. The number of nitrogens with one attached hydrogen (secondary N) is 1. The van der Waals surface area contributed by atoms with Crippen molar-refractivity contribution >= 4 is 11.6 Å². The van der Waals surface area contributed by atoms with Crippen molar-refractivity contribution in [3.8, 4) is 5.75 Å². The maximum Gasteiger partial charge on any atom is 0.123 e. The van der Waals surface area contributed by atoms with E-state index in [0.717, 1.165) is 48.9 Å². The highest BCUT2D eigenvalue weighted by atomic mass is 35.5. The molecule has 0 radical (unpaired) electrons. The Morgan fingerprint density at radius 3 is 2.50 bits per heavy atom. The normalized spacial score (nSPS) is 11.3. The summed E-state index contributed by atoms with van der Waals surface area (Å²) in [7, 11) is 0. The molecule has 3 heteroatoms. The molecular formula is C17H28ClNO. The van der Waals surface area contributed by atoms with E-state index in [0.29, 0.717) is 11.8 Å². The molecule has 0 unspecified atom stereocenters. The zero-order valence-corrected chi connectivity index (χ0v) is 14.0. The molecule has 114 valence electrons. The van der Waals surface area contributed by atoms with Gasteiger partial charge in [-0.25, -0.2) is 0 Å². The van der Waals surface area contributed by atoms with Gasteiger partial charge in [0.1, 0.15) is 5.75 Å². The largest absolute Gasteiger partial charge is 0.493 e. The first-order chi connectivity index (χ1) is 9.56. The van der Waals surface area contributed by atoms with E-state index in [1.54, 1.807) is 0 Å². The second kappa shape index (κ2) is 9.25. The zero-order valence-electron chi connectivity index (χ0n) is 13.2. The van der Waals surface area contributed by atoms with Crippen LogP contribution in [0, 0.1) is 11.8 Å². The minimum atomic E-state index is 0.627. The Bertz CT molecular complexity index is 389. The van der Waals surface area contributed by atoms with Crippen LogP contribution in [0.3, 0.4) is 0 Å². The van der Waals surface area contributed by atoms with E-state index in [9.17, 15) is 0 Å². The minimum absolute atomic E-state index is 0.627. The summed E-state index contributed by atoms with van der Waals surface area (Å²) in [6.07, 6.45) is 2.32. The van der Waals surface area contributed by atoms with Crippen LogP contribution in [0.5, 0.6) is 5.75 Å². The monoisotopic (exact) mass is 297 g/mol. The van der Waals surface area contributed by atoms with Gasteiger partial charge in [0, 0.05) is 17.1 Å². The number of hydrogen-bond acceptors (Lipinski definition) is 2. The molecule has 0 saturated heterocycles. The maximum atomic E-state index is 6.09. The fourth-order valence-electron chi connectivity index (χ4n) is 2.05. The molecule has 0 heterocycles. The predicted molar refractivity (Wildman–Crippen MR) is 87.6 cm³/mol. The topological polar surface area (TPSA) is 21.3 Å². The van der Waals surface area contributed by atoms with E-state index in [1.165, 1.54) is 0 Å². The molecule has 1 aromatic carbocycles. The summed E-state index contributed by atoms with van der Waals surface area (Å²) in [6, 6.07) is 5.88. The van der Waals surface area contributed by atoms with Crippen LogP contribution in [0.15, 0.2) is 18.2 Å². The van der Waals surface area contributed by atoms with Gasteiger partial charge >= 0.3 is 0 Å². The standard InChI is InChI=1S/C17H28ClNO/c1-5-14(6-2)12-20-17-8-7-16(18)9-15(17)11-19-10-13(3)4/h7-9,13-14,19H,5-6,10-12H2,1-4H3. The third kappa shape index (κ3) is 6.15. The number of benzene rings is 1. The lowest BCUT2D eigenvalue weighted by Gasteiger charge is -2.17. The Hall–Kier alpha value is -0.730. The van der Waals surface area contributed by atoms with Crippen LogP contribution in [0.1, 0.15) is 46.1 Å². The van der Waals surface area contributed by atoms with Crippen LogP contribution in [-0.2, 0) is 6.54 Å². The van der Waals surface area contributed by atoms with Crippen LogP contribution in [-0.4, -0.2) is 13.2 Å². The van der Waals surface area contributed by atoms with E-state index in [4.69, 9.17) is 16.3 Å². The van der Waals surface area contributed by atoms with Crippen molar-refractivity contribution in [2.24, 2.45) is 11.8 Å². The second-order valence-corrected chi connectivity index (χ2v) is 6.21. The number of hydrogen-bond donors (Lipinski definition) is 1. The van der Waals surface area contributed by atoms with Crippen molar-refractivity contribution in [2.45, 2.75) is 47.1 Å². The molecular weight excluding hydrogens is 270 g/mol. The average Bonchev–Trinajstić information content (AvgIpc) is 2.41. The van der Waals surface area contributed by atoms with Crippen molar-refractivity contribution in [3.63, 3.8) is 0 Å². The summed E-state index contributed by atoms with van der Waals surface area (Å²) in [5, 5.41) is 4.21. The number of halogens is 1. The molecule has 0 atom stereocenters. The van der Waals surface area contributed by atoms with Gasteiger partial charge in [-0.3, -0.25) is 0 Å². The van der Waals surface area contributed by atoms with Crippen LogP contribution in [0.25, 0.3) is 0 Å². The molecule has 0 aliphatic rings. The molecule has 2 nitrogen and oxygen atoms in total. The van der Waals surface area contributed by atoms with Crippen molar-refractivity contribution in [3.05, 3.63) is 28.8 Å². The molecule has 0 aliphatic heterocycles. The van der Waals surface area contributed by atoms with Crippen molar-refractivity contribution < 1.29 is 4.74 Å². The van der Waals surface area contributed by atoms with Crippen molar-refractivity contribution in [2.75, 3.05) is 13.2 Å². The predicted octanol–water partition coefficient (Wildman–Crippen LogP) is 4.90. The molecule has 0 saturated carbocycles. The average molecular weight is 298 g/mol. The Morgan fingerprint density at radius 2 is 1.90 bits per heavy atom. The Labute approximate surface area is 128 Å². The summed E-state index contributed by atoms with van der Waals surface area (Å²) < 4.78 is 5.99. The molecule has 1 aromatic rings. The molecule has 1 rings (SSSR count). The molecule has 1 N–H and O–H groups in total. The lowest BCUT2D eigenvalue weighted by molar-refractivity contribution is 0.238. The summed E-state index contributed by atoms with van der Waals surface area (Å²) in [6.45, 7) is 11.4. The molecule has 0 fully saturated rings. The van der Waals surface area contributed by atoms with Crippen LogP contribution in [0.2, 0.25) is 5.02 Å². The van der Waals surface area contributed by atoms with Gasteiger partial charge in [-0.15, -0.1) is 0 Å². The Morgan fingerprint density at radius 1 is 1.20 bits per heavy atom. The molecule has 0 aromatic heterocycles. The van der Waals surface area contributed by atoms with Gasteiger partial charge in [0.25, 0.3) is 0 Å². The van der Waals surface area contributed by atoms with Gasteiger partial charge in [0.15, 0.2) is 0 Å². The van der Waals surface area contributed by atoms with Gasteiger partial charge in [0.05, 0.1) is 6.61 Å².